The van der Waals surface area contributed by atoms with Crippen molar-refractivity contribution < 1.29 is 0 Å². The predicted molar refractivity (Wildman–Crippen MR) is 188 cm³/mol. The number of aromatic nitrogens is 2. The summed E-state index contributed by atoms with van der Waals surface area (Å²) in [6.07, 6.45) is 4.01. The van der Waals surface area contributed by atoms with Crippen LogP contribution in [0.15, 0.2) is 146 Å². The lowest BCUT2D eigenvalue weighted by molar-refractivity contribution is 0.660. The molecule has 0 aliphatic heterocycles. The van der Waals surface area contributed by atoms with Crippen molar-refractivity contribution in [3.63, 3.8) is 0 Å². The first-order valence-corrected chi connectivity index (χ1v) is 15.6. The SMILES string of the molecule is CC1(C)c2ccccc2-c2ccc(-c3cnc4c(ccc5cc(-c6cc7ccccc7cc6-c6ccccc6)cnc54)c3)cc21. The second kappa shape index (κ2) is 9.70. The molecule has 1 aliphatic rings. The summed E-state index contributed by atoms with van der Waals surface area (Å²) in [5.41, 5.74) is 14.3. The van der Waals surface area contributed by atoms with Crippen LogP contribution in [0.1, 0.15) is 25.0 Å². The van der Waals surface area contributed by atoms with E-state index in [-0.39, 0.29) is 5.41 Å². The van der Waals surface area contributed by atoms with Crippen LogP contribution in [-0.2, 0) is 5.41 Å². The molecule has 0 radical (unpaired) electrons. The van der Waals surface area contributed by atoms with Crippen molar-refractivity contribution in [2.75, 3.05) is 0 Å². The maximum atomic E-state index is 5.03. The lowest BCUT2D eigenvalue weighted by Crippen LogP contribution is -2.14. The highest BCUT2D eigenvalue weighted by Crippen LogP contribution is 2.49. The average Bonchev–Trinajstić information content (AvgIpc) is 3.33. The van der Waals surface area contributed by atoms with Crippen LogP contribution in [0.3, 0.4) is 0 Å². The average molecular weight is 575 g/mol. The molecule has 0 N–H and O–H groups in total. The molecule has 2 nitrogen and oxygen atoms in total. The quantitative estimate of drug-likeness (QED) is 0.196. The van der Waals surface area contributed by atoms with Gasteiger partial charge in [-0.25, -0.2) is 0 Å². The molecular formula is C43H30N2. The molecule has 6 aromatic carbocycles. The van der Waals surface area contributed by atoms with Gasteiger partial charge in [0.05, 0.1) is 11.0 Å². The molecule has 45 heavy (non-hydrogen) atoms. The molecule has 9 rings (SSSR count). The van der Waals surface area contributed by atoms with Gasteiger partial charge in [0, 0.05) is 39.7 Å². The summed E-state index contributed by atoms with van der Waals surface area (Å²) in [7, 11) is 0. The molecule has 2 heterocycles. The molecule has 1 aliphatic carbocycles. The van der Waals surface area contributed by atoms with Gasteiger partial charge in [-0.05, 0) is 85.6 Å². The van der Waals surface area contributed by atoms with Crippen LogP contribution in [0, 0.1) is 0 Å². The number of rotatable bonds is 3. The van der Waals surface area contributed by atoms with E-state index in [9.17, 15) is 0 Å². The van der Waals surface area contributed by atoms with Crippen molar-refractivity contribution in [3.8, 4) is 44.5 Å². The minimum Gasteiger partial charge on any atom is -0.253 e. The molecule has 8 aromatic rings. The summed E-state index contributed by atoms with van der Waals surface area (Å²) in [5, 5.41) is 4.64. The van der Waals surface area contributed by atoms with Gasteiger partial charge in [0.15, 0.2) is 0 Å². The smallest absolute Gasteiger partial charge is 0.0965 e. The molecule has 2 aromatic heterocycles. The van der Waals surface area contributed by atoms with Gasteiger partial charge in [0.2, 0.25) is 0 Å². The normalized spacial score (nSPS) is 13.3. The van der Waals surface area contributed by atoms with Gasteiger partial charge in [-0.2, -0.15) is 0 Å². The number of nitrogens with zero attached hydrogens (tertiary/aromatic N) is 2. The van der Waals surface area contributed by atoms with Crippen LogP contribution < -0.4 is 0 Å². The molecule has 2 heteroatoms. The first-order chi connectivity index (χ1) is 22.0. The first-order valence-electron chi connectivity index (χ1n) is 15.6. The van der Waals surface area contributed by atoms with Crippen LogP contribution in [0.5, 0.6) is 0 Å². The Bertz CT molecular complexity index is 2450. The van der Waals surface area contributed by atoms with Gasteiger partial charge in [0.1, 0.15) is 0 Å². The van der Waals surface area contributed by atoms with E-state index in [2.05, 4.69) is 147 Å². The first kappa shape index (κ1) is 25.9. The van der Waals surface area contributed by atoms with Gasteiger partial charge in [-0.1, -0.05) is 117 Å². The highest BCUT2D eigenvalue weighted by molar-refractivity contribution is 6.05. The van der Waals surface area contributed by atoms with Gasteiger partial charge in [-0.15, -0.1) is 0 Å². The van der Waals surface area contributed by atoms with Gasteiger partial charge < -0.3 is 0 Å². The molecule has 0 saturated heterocycles. The highest BCUT2D eigenvalue weighted by Gasteiger charge is 2.35. The van der Waals surface area contributed by atoms with Crippen LogP contribution in [0.4, 0.5) is 0 Å². The maximum Gasteiger partial charge on any atom is 0.0965 e. The minimum atomic E-state index is -0.0323. The van der Waals surface area contributed by atoms with E-state index in [1.807, 2.05) is 12.4 Å². The van der Waals surface area contributed by atoms with E-state index in [0.29, 0.717) is 0 Å². The summed E-state index contributed by atoms with van der Waals surface area (Å²) >= 11 is 0. The van der Waals surface area contributed by atoms with E-state index in [4.69, 9.17) is 9.97 Å². The fourth-order valence-corrected chi connectivity index (χ4v) is 7.32. The van der Waals surface area contributed by atoms with Crippen molar-refractivity contribution in [1.82, 2.24) is 9.97 Å². The zero-order valence-electron chi connectivity index (χ0n) is 25.3. The number of fused-ring (bicyclic) bond motifs is 7. The Morgan fingerprint density at radius 3 is 1.69 bits per heavy atom. The van der Waals surface area contributed by atoms with Gasteiger partial charge >= 0.3 is 0 Å². The zero-order chi connectivity index (χ0) is 30.1. The largest absolute Gasteiger partial charge is 0.253 e. The van der Waals surface area contributed by atoms with Crippen LogP contribution >= 0.6 is 0 Å². The molecule has 212 valence electrons. The van der Waals surface area contributed by atoms with Crippen LogP contribution in [0.25, 0.3) is 77.1 Å². The Kier molecular flexibility index (Phi) is 5.58. The molecule has 0 fully saturated rings. The summed E-state index contributed by atoms with van der Waals surface area (Å²) in [6.45, 7) is 4.65. The number of benzene rings is 6. The Labute approximate surface area is 262 Å². The third kappa shape index (κ3) is 4.03. The molecule has 0 unspecified atom stereocenters. The Morgan fingerprint density at radius 1 is 0.378 bits per heavy atom. The lowest BCUT2D eigenvalue weighted by Gasteiger charge is -2.22. The van der Waals surface area contributed by atoms with Crippen molar-refractivity contribution in [2.24, 2.45) is 0 Å². The van der Waals surface area contributed by atoms with E-state index in [1.54, 1.807) is 0 Å². The topological polar surface area (TPSA) is 25.8 Å². The number of hydrogen-bond acceptors (Lipinski definition) is 2. The van der Waals surface area contributed by atoms with Crippen LogP contribution in [0.2, 0.25) is 0 Å². The molecule has 0 atom stereocenters. The van der Waals surface area contributed by atoms with Crippen molar-refractivity contribution in [1.29, 1.82) is 0 Å². The molecule has 0 bridgehead atoms. The Hall–Kier alpha value is -5.60. The van der Waals surface area contributed by atoms with Gasteiger partial charge in [0.25, 0.3) is 0 Å². The van der Waals surface area contributed by atoms with Crippen molar-refractivity contribution in [3.05, 3.63) is 157 Å². The summed E-state index contributed by atoms with van der Waals surface area (Å²) < 4.78 is 0. The summed E-state index contributed by atoms with van der Waals surface area (Å²) in [6, 6.07) is 48.3. The second-order valence-corrected chi connectivity index (χ2v) is 12.7. The number of hydrogen-bond donors (Lipinski definition) is 0. The van der Waals surface area contributed by atoms with E-state index < -0.39 is 0 Å². The van der Waals surface area contributed by atoms with E-state index in [1.165, 1.54) is 55.3 Å². The lowest BCUT2D eigenvalue weighted by atomic mass is 9.81. The third-order valence-corrected chi connectivity index (χ3v) is 9.70. The molecule has 0 spiro atoms. The Morgan fingerprint density at radius 2 is 0.956 bits per heavy atom. The fraction of sp³-hybridized carbons (Fsp3) is 0.0698. The highest BCUT2D eigenvalue weighted by atomic mass is 14.7. The second-order valence-electron chi connectivity index (χ2n) is 12.7. The van der Waals surface area contributed by atoms with Gasteiger partial charge in [-0.3, -0.25) is 9.97 Å². The maximum absolute atomic E-state index is 5.03. The zero-order valence-corrected chi connectivity index (χ0v) is 25.3. The van der Waals surface area contributed by atoms with E-state index >= 15 is 0 Å². The standard InChI is InChI=1S/C43H30N2/c1-43(2)39-15-9-8-14-35(39)36-19-18-30(24-40(36)43)33-20-31-16-17-32-21-34(26-45-42(32)41(31)44-25-33)38-23-29-13-7-6-12-28(29)22-37(38)27-10-4-3-5-11-27/h3-26H,1-2H3. The fourth-order valence-electron chi connectivity index (χ4n) is 7.32. The molecule has 0 amide bonds. The minimum absolute atomic E-state index is 0.0323. The predicted octanol–water partition coefficient (Wildman–Crippen LogP) is 11.2. The van der Waals surface area contributed by atoms with Crippen molar-refractivity contribution in [2.45, 2.75) is 19.3 Å². The van der Waals surface area contributed by atoms with Crippen LogP contribution in [-0.4, -0.2) is 9.97 Å². The summed E-state index contributed by atoms with van der Waals surface area (Å²) in [4.78, 5) is 10.0. The van der Waals surface area contributed by atoms with Crippen molar-refractivity contribution >= 4 is 32.6 Å². The Balaban J connectivity index is 1.14. The van der Waals surface area contributed by atoms with E-state index in [0.717, 1.165) is 32.9 Å². The summed E-state index contributed by atoms with van der Waals surface area (Å²) in [5.74, 6) is 0. The monoisotopic (exact) mass is 574 g/mol. The molecule has 0 saturated carbocycles. The molecular weight excluding hydrogens is 544 g/mol. The third-order valence-electron chi connectivity index (χ3n) is 9.70. The number of pyridine rings is 2.